The third-order valence-electron chi connectivity index (χ3n) is 1.81. The van der Waals surface area contributed by atoms with E-state index in [1.54, 1.807) is 0 Å². The summed E-state index contributed by atoms with van der Waals surface area (Å²) < 4.78 is 3.64. The Morgan fingerprint density at radius 3 is 2.67 bits per heavy atom. The molecule has 0 aliphatic carbocycles. The van der Waals surface area contributed by atoms with E-state index < -0.39 is 0 Å². The summed E-state index contributed by atoms with van der Waals surface area (Å²) in [4.78, 5) is 0. The summed E-state index contributed by atoms with van der Waals surface area (Å²) in [5.41, 5.74) is 1.37. The lowest BCUT2D eigenvalue weighted by Crippen LogP contribution is -2.08. The minimum Gasteiger partial charge on any atom is -0.242 e. The van der Waals surface area contributed by atoms with Gasteiger partial charge in [-0.1, -0.05) is 15.9 Å². The lowest BCUT2D eigenvalue weighted by atomic mass is 10.3. The Kier molecular flexibility index (Phi) is 2.95. The van der Waals surface area contributed by atoms with Crippen LogP contribution in [0.3, 0.4) is 0 Å². The molecule has 1 heterocycles. The highest BCUT2D eigenvalue weighted by molar-refractivity contribution is 9.10. The molecule has 0 bridgehead atoms. The number of benzene rings is 1. The number of anilines is 1. The molecule has 1 aromatic carbocycles. The topological polar surface area (TPSA) is 3.24 Å². The van der Waals surface area contributed by atoms with Gasteiger partial charge in [0.2, 0.25) is 0 Å². The Morgan fingerprint density at radius 1 is 1.33 bits per heavy atom. The Morgan fingerprint density at radius 2 is 2.08 bits per heavy atom. The molecule has 0 amide bonds. The molecule has 12 heavy (non-hydrogen) atoms. The van der Waals surface area contributed by atoms with Crippen LogP contribution in [0, 0.1) is 0 Å². The Labute approximate surface area is 86.6 Å². The van der Waals surface area contributed by atoms with Crippen LogP contribution in [0.2, 0.25) is 0 Å². The van der Waals surface area contributed by atoms with Gasteiger partial charge >= 0.3 is 0 Å². The molecule has 1 atom stereocenters. The summed E-state index contributed by atoms with van der Waals surface area (Å²) >= 11 is 5.52. The highest BCUT2D eigenvalue weighted by Crippen LogP contribution is 2.43. The van der Waals surface area contributed by atoms with E-state index in [1.165, 1.54) is 18.0 Å². The molecular weight excluding hydrogens is 253 g/mol. The molecule has 1 aliphatic heterocycles. The number of halogens is 1. The zero-order valence-corrected chi connectivity index (χ0v) is 10.1. The summed E-state index contributed by atoms with van der Waals surface area (Å²) in [5.74, 6) is 1.30. The van der Waals surface area contributed by atoms with Gasteiger partial charge in [0.05, 0.1) is 18.0 Å². The Hall–Kier alpha value is 0.280. The maximum Gasteiger partial charge on any atom is 0.138 e. The average Bonchev–Trinajstić information content (AvgIpc) is 2.58. The summed E-state index contributed by atoms with van der Waals surface area (Å²) in [6, 6.07) is 8.58. The second-order valence-corrected chi connectivity index (χ2v) is 6.77. The molecule has 1 saturated heterocycles. The van der Waals surface area contributed by atoms with Crippen molar-refractivity contribution < 1.29 is 0 Å². The van der Waals surface area contributed by atoms with Crippen molar-refractivity contribution in [1.82, 2.24) is 0 Å². The molecule has 64 valence electrons. The summed E-state index contributed by atoms with van der Waals surface area (Å²) in [6.45, 7) is 1.22. The van der Waals surface area contributed by atoms with Gasteiger partial charge in [-0.25, -0.2) is 4.67 Å². The summed E-state index contributed by atoms with van der Waals surface area (Å²) in [5, 5.41) is 0. The van der Waals surface area contributed by atoms with Crippen LogP contribution in [0.25, 0.3) is 0 Å². The zero-order chi connectivity index (χ0) is 8.39. The first-order valence-corrected chi connectivity index (χ1v) is 7.61. The van der Waals surface area contributed by atoms with Crippen LogP contribution in [0.5, 0.6) is 0 Å². The molecular formula is C8H10BrNPS+. The highest BCUT2D eigenvalue weighted by atomic mass is 79.9. The minimum absolute atomic E-state index is 0.445. The highest BCUT2D eigenvalue weighted by Gasteiger charge is 2.18. The van der Waals surface area contributed by atoms with Gasteiger partial charge in [0.15, 0.2) is 0 Å². The second-order valence-electron chi connectivity index (χ2n) is 2.65. The van der Waals surface area contributed by atoms with Crippen molar-refractivity contribution in [2.75, 3.05) is 17.0 Å². The van der Waals surface area contributed by atoms with Crippen LogP contribution in [-0.4, -0.2) is 12.3 Å². The van der Waals surface area contributed by atoms with Crippen LogP contribution in [0.4, 0.5) is 5.69 Å². The van der Waals surface area contributed by atoms with Gasteiger partial charge in [-0.15, -0.1) is 0 Å². The van der Waals surface area contributed by atoms with Crippen molar-refractivity contribution >= 4 is 40.9 Å². The lowest BCUT2D eigenvalue weighted by molar-refractivity contribution is 1.14. The van der Waals surface area contributed by atoms with Gasteiger partial charge in [-0.3, -0.25) is 0 Å². The van der Waals surface area contributed by atoms with Crippen molar-refractivity contribution in [3.05, 3.63) is 28.7 Å². The van der Waals surface area contributed by atoms with Crippen molar-refractivity contribution in [3.63, 3.8) is 0 Å². The first kappa shape index (κ1) is 8.86. The van der Waals surface area contributed by atoms with E-state index in [1.807, 2.05) is 0 Å². The van der Waals surface area contributed by atoms with Crippen molar-refractivity contribution in [3.8, 4) is 0 Å². The molecule has 0 saturated carbocycles. The summed E-state index contributed by atoms with van der Waals surface area (Å²) in [6.07, 6.45) is 0. The Balaban J connectivity index is 2.17. The molecule has 0 spiro atoms. The van der Waals surface area contributed by atoms with Crippen LogP contribution >= 0.6 is 35.2 Å². The molecule has 1 unspecified atom stereocenters. The van der Waals surface area contributed by atoms with E-state index in [0.29, 0.717) is 7.93 Å². The van der Waals surface area contributed by atoms with Crippen molar-refractivity contribution in [2.45, 2.75) is 0 Å². The normalized spacial score (nSPS) is 18.9. The number of hydrogen-bond donors (Lipinski definition) is 0. The van der Waals surface area contributed by atoms with E-state index in [9.17, 15) is 0 Å². The van der Waals surface area contributed by atoms with Gasteiger partial charge in [-0.05, 0) is 24.3 Å². The predicted molar refractivity (Wildman–Crippen MR) is 63.7 cm³/mol. The first-order valence-electron chi connectivity index (χ1n) is 3.83. The van der Waals surface area contributed by atoms with Gasteiger partial charge in [-0.2, -0.15) is 0 Å². The van der Waals surface area contributed by atoms with E-state index in [4.69, 9.17) is 0 Å². The van der Waals surface area contributed by atoms with Gasteiger partial charge in [0.25, 0.3) is 0 Å². The van der Waals surface area contributed by atoms with Crippen molar-refractivity contribution in [2.24, 2.45) is 0 Å². The molecule has 0 N–H and O–H groups in total. The third kappa shape index (κ3) is 1.95. The number of nitrogens with zero attached hydrogens (tertiary/aromatic N) is 1. The quantitative estimate of drug-likeness (QED) is 0.715. The minimum atomic E-state index is 0.445. The van der Waals surface area contributed by atoms with Crippen LogP contribution in [0.15, 0.2) is 28.7 Å². The Bertz CT molecular complexity index is 258. The zero-order valence-electron chi connectivity index (χ0n) is 6.53. The van der Waals surface area contributed by atoms with Crippen LogP contribution in [0.1, 0.15) is 0 Å². The van der Waals surface area contributed by atoms with Crippen LogP contribution < -0.4 is 4.67 Å². The molecule has 1 aliphatic rings. The first-order chi connectivity index (χ1) is 5.86. The molecule has 1 nitrogen and oxygen atoms in total. The molecule has 1 fully saturated rings. The number of rotatable bonds is 1. The third-order valence-corrected chi connectivity index (χ3v) is 5.63. The fraction of sp³-hybridized carbons (Fsp3) is 0.250. The SMILES string of the molecule is Brc1ccc(N2CCS[PH2+]2)cc1. The van der Waals surface area contributed by atoms with Gasteiger partial charge in [0.1, 0.15) is 7.93 Å². The van der Waals surface area contributed by atoms with E-state index in [2.05, 4.69) is 56.2 Å². The molecule has 4 heteroatoms. The van der Waals surface area contributed by atoms with E-state index in [0.717, 1.165) is 4.47 Å². The fourth-order valence-electron chi connectivity index (χ4n) is 1.17. The lowest BCUT2D eigenvalue weighted by Gasteiger charge is -2.09. The summed E-state index contributed by atoms with van der Waals surface area (Å²) in [7, 11) is 0.445. The molecule has 0 aromatic heterocycles. The maximum absolute atomic E-state index is 3.44. The van der Waals surface area contributed by atoms with Crippen LogP contribution in [-0.2, 0) is 0 Å². The monoisotopic (exact) mass is 262 g/mol. The maximum atomic E-state index is 3.44. The van der Waals surface area contributed by atoms with Crippen molar-refractivity contribution in [1.29, 1.82) is 0 Å². The predicted octanol–water partition coefficient (Wildman–Crippen LogP) is 3.24. The van der Waals surface area contributed by atoms with E-state index >= 15 is 0 Å². The molecule has 2 rings (SSSR count). The average molecular weight is 263 g/mol. The largest absolute Gasteiger partial charge is 0.242 e. The van der Waals surface area contributed by atoms with E-state index in [-0.39, 0.29) is 0 Å². The molecule has 0 radical (unpaired) electrons. The second kappa shape index (κ2) is 3.99. The molecule has 1 aromatic rings. The fourth-order valence-corrected chi connectivity index (χ4v) is 4.59. The standard InChI is InChI=1S/C8H9BrNPS/c9-7-1-3-8(4-2-7)10-5-6-12-11-10/h1-4,11H,5-6H2/p+1. The smallest absolute Gasteiger partial charge is 0.138 e. The van der Waals surface area contributed by atoms with Gasteiger partial charge < -0.3 is 0 Å². The number of hydrogen-bond acceptors (Lipinski definition) is 2. The van der Waals surface area contributed by atoms with Gasteiger partial charge in [0, 0.05) is 15.9 Å².